The van der Waals surface area contributed by atoms with Crippen LogP contribution in [0.15, 0.2) is 61.3 Å². The average Bonchev–Trinajstić information content (AvgIpc) is 2.94. The maximum Gasteiger partial charge on any atom is 0.232 e. The molecule has 3 aromatic heterocycles. The van der Waals surface area contributed by atoms with Crippen LogP contribution >= 0.6 is 0 Å². The SMILES string of the molecule is c1ccc(Cc2cnc(N3CCN(c4ncnc(Nc5cnc6c(c5)CNCC6)n4)CC3)nc2)cc1. The van der Waals surface area contributed by atoms with Crippen molar-refractivity contribution in [3.8, 4) is 0 Å². The lowest BCUT2D eigenvalue weighted by molar-refractivity contribution is 0.626. The van der Waals surface area contributed by atoms with Gasteiger partial charge in [-0.2, -0.15) is 4.98 Å². The summed E-state index contributed by atoms with van der Waals surface area (Å²) in [6, 6.07) is 12.5. The molecule has 2 N–H and O–H groups in total. The third-order valence-corrected chi connectivity index (χ3v) is 6.52. The third kappa shape index (κ3) is 5.08. The molecule has 5 heterocycles. The number of aromatic nitrogens is 6. The summed E-state index contributed by atoms with van der Waals surface area (Å²) in [5, 5.41) is 6.66. The third-order valence-electron chi connectivity index (χ3n) is 6.52. The minimum Gasteiger partial charge on any atom is -0.337 e. The standard InChI is InChI=1S/C26H28N10/c1-2-4-19(5-3-1)12-20-14-29-25(30-15-20)35-8-10-36(11-9-35)26-32-18-31-24(34-26)33-22-13-21-16-27-7-6-23(21)28-17-22/h1-5,13-15,17-18,27H,6-12,16H2,(H,31,32,33,34). The Morgan fingerprint density at radius 1 is 0.806 bits per heavy atom. The maximum absolute atomic E-state index is 4.65. The fourth-order valence-corrected chi connectivity index (χ4v) is 4.58. The number of hydrogen-bond donors (Lipinski definition) is 2. The lowest BCUT2D eigenvalue weighted by Crippen LogP contribution is -2.47. The van der Waals surface area contributed by atoms with E-state index in [9.17, 15) is 0 Å². The highest BCUT2D eigenvalue weighted by atomic mass is 15.4. The van der Waals surface area contributed by atoms with Crippen LogP contribution in [0.1, 0.15) is 22.4 Å². The molecule has 0 amide bonds. The van der Waals surface area contributed by atoms with Crippen molar-refractivity contribution in [3.63, 3.8) is 0 Å². The van der Waals surface area contributed by atoms with Gasteiger partial charge in [0.2, 0.25) is 17.8 Å². The van der Waals surface area contributed by atoms with E-state index in [-0.39, 0.29) is 0 Å². The van der Waals surface area contributed by atoms with Gasteiger partial charge in [-0.3, -0.25) is 4.98 Å². The van der Waals surface area contributed by atoms with Crippen LogP contribution in [0.3, 0.4) is 0 Å². The van der Waals surface area contributed by atoms with E-state index in [0.717, 1.165) is 75.0 Å². The van der Waals surface area contributed by atoms with Crippen molar-refractivity contribution in [1.29, 1.82) is 0 Å². The number of fused-ring (bicyclic) bond motifs is 1. The van der Waals surface area contributed by atoms with Gasteiger partial charge in [0.1, 0.15) is 6.33 Å². The second-order valence-corrected chi connectivity index (χ2v) is 9.02. The highest BCUT2D eigenvalue weighted by Crippen LogP contribution is 2.20. The number of rotatable bonds is 6. The Kier molecular flexibility index (Phi) is 6.32. The van der Waals surface area contributed by atoms with Gasteiger partial charge >= 0.3 is 0 Å². The van der Waals surface area contributed by atoms with E-state index in [1.807, 2.05) is 24.7 Å². The van der Waals surface area contributed by atoms with E-state index in [2.05, 4.69) is 80.7 Å². The number of anilines is 4. The Hall–Kier alpha value is -4.18. The van der Waals surface area contributed by atoms with Gasteiger partial charge in [0.25, 0.3) is 0 Å². The molecule has 2 aliphatic heterocycles. The molecular formula is C26H28N10. The Morgan fingerprint density at radius 3 is 2.39 bits per heavy atom. The molecule has 0 radical (unpaired) electrons. The molecule has 6 rings (SSSR count). The molecule has 0 spiro atoms. The first-order valence-corrected chi connectivity index (χ1v) is 12.3. The quantitative estimate of drug-likeness (QED) is 0.427. The number of nitrogens with one attached hydrogen (secondary N) is 2. The fourth-order valence-electron chi connectivity index (χ4n) is 4.58. The lowest BCUT2D eigenvalue weighted by atomic mass is 10.1. The topological polar surface area (TPSA) is 108 Å². The zero-order valence-corrected chi connectivity index (χ0v) is 20.0. The summed E-state index contributed by atoms with van der Waals surface area (Å²) in [6.45, 7) is 4.98. The Labute approximate surface area is 209 Å². The van der Waals surface area contributed by atoms with Gasteiger partial charge in [0.05, 0.1) is 11.9 Å². The molecular weight excluding hydrogens is 452 g/mol. The fraction of sp³-hybridized carbons (Fsp3) is 0.308. The molecule has 0 saturated carbocycles. The highest BCUT2D eigenvalue weighted by Gasteiger charge is 2.21. The normalized spacial score (nSPS) is 15.4. The van der Waals surface area contributed by atoms with Crippen molar-refractivity contribution in [2.75, 3.05) is 47.8 Å². The van der Waals surface area contributed by atoms with Crippen LogP contribution in [-0.4, -0.2) is 62.6 Å². The van der Waals surface area contributed by atoms with E-state index in [4.69, 9.17) is 0 Å². The first-order valence-electron chi connectivity index (χ1n) is 12.3. The molecule has 2 aliphatic rings. The predicted molar refractivity (Wildman–Crippen MR) is 138 cm³/mol. The number of piperazine rings is 1. The van der Waals surface area contributed by atoms with Gasteiger partial charge < -0.3 is 20.4 Å². The molecule has 182 valence electrons. The predicted octanol–water partition coefficient (Wildman–Crippen LogP) is 2.36. The molecule has 10 nitrogen and oxygen atoms in total. The molecule has 1 saturated heterocycles. The number of benzene rings is 1. The summed E-state index contributed by atoms with van der Waals surface area (Å²) >= 11 is 0. The van der Waals surface area contributed by atoms with Crippen LogP contribution in [0.4, 0.5) is 23.5 Å². The number of pyridine rings is 1. The van der Waals surface area contributed by atoms with Gasteiger partial charge in [0.15, 0.2) is 0 Å². The Morgan fingerprint density at radius 2 is 1.58 bits per heavy atom. The van der Waals surface area contributed by atoms with Crippen molar-refractivity contribution in [2.45, 2.75) is 19.4 Å². The molecule has 36 heavy (non-hydrogen) atoms. The maximum atomic E-state index is 4.65. The summed E-state index contributed by atoms with van der Waals surface area (Å²) in [6.07, 6.45) is 9.05. The van der Waals surface area contributed by atoms with Crippen LogP contribution in [-0.2, 0) is 19.4 Å². The molecule has 0 unspecified atom stereocenters. The first-order chi connectivity index (χ1) is 17.8. The monoisotopic (exact) mass is 480 g/mol. The molecule has 0 aliphatic carbocycles. The van der Waals surface area contributed by atoms with Gasteiger partial charge in [-0.25, -0.2) is 19.9 Å². The molecule has 1 fully saturated rings. The summed E-state index contributed by atoms with van der Waals surface area (Å²) in [4.78, 5) is 31.6. The molecule has 4 aromatic rings. The first kappa shape index (κ1) is 22.3. The molecule has 0 atom stereocenters. The van der Waals surface area contributed by atoms with E-state index in [0.29, 0.717) is 11.9 Å². The zero-order valence-electron chi connectivity index (χ0n) is 20.0. The summed E-state index contributed by atoms with van der Waals surface area (Å²) in [7, 11) is 0. The van der Waals surface area contributed by atoms with Gasteiger partial charge in [-0.15, -0.1) is 0 Å². The molecule has 1 aromatic carbocycles. The minimum absolute atomic E-state index is 0.519. The van der Waals surface area contributed by atoms with Crippen LogP contribution in [0.5, 0.6) is 0 Å². The van der Waals surface area contributed by atoms with E-state index < -0.39 is 0 Å². The van der Waals surface area contributed by atoms with E-state index in [1.165, 1.54) is 11.1 Å². The van der Waals surface area contributed by atoms with Crippen molar-refractivity contribution in [2.24, 2.45) is 0 Å². The van der Waals surface area contributed by atoms with Crippen molar-refractivity contribution in [3.05, 3.63) is 83.7 Å². The van der Waals surface area contributed by atoms with E-state index >= 15 is 0 Å². The second-order valence-electron chi connectivity index (χ2n) is 9.02. The molecule has 10 heteroatoms. The van der Waals surface area contributed by atoms with Crippen LogP contribution in [0.25, 0.3) is 0 Å². The summed E-state index contributed by atoms with van der Waals surface area (Å²) in [5.74, 6) is 1.95. The Bertz CT molecular complexity index is 1300. The van der Waals surface area contributed by atoms with Gasteiger partial charge in [-0.1, -0.05) is 30.3 Å². The van der Waals surface area contributed by atoms with Crippen molar-refractivity contribution in [1.82, 2.24) is 35.2 Å². The zero-order chi connectivity index (χ0) is 24.2. The molecule has 0 bridgehead atoms. The Balaban J connectivity index is 1.06. The van der Waals surface area contributed by atoms with Crippen LogP contribution < -0.4 is 20.4 Å². The largest absolute Gasteiger partial charge is 0.337 e. The van der Waals surface area contributed by atoms with Crippen LogP contribution in [0.2, 0.25) is 0 Å². The van der Waals surface area contributed by atoms with Crippen molar-refractivity contribution < 1.29 is 0 Å². The summed E-state index contributed by atoms with van der Waals surface area (Å²) in [5.41, 5.74) is 5.62. The minimum atomic E-state index is 0.519. The van der Waals surface area contributed by atoms with Gasteiger partial charge in [-0.05, 0) is 22.8 Å². The summed E-state index contributed by atoms with van der Waals surface area (Å²) < 4.78 is 0. The number of hydrogen-bond acceptors (Lipinski definition) is 10. The second kappa shape index (κ2) is 10.2. The van der Waals surface area contributed by atoms with Crippen LogP contribution in [0, 0.1) is 0 Å². The highest BCUT2D eigenvalue weighted by molar-refractivity contribution is 5.55. The number of nitrogens with zero attached hydrogens (tertiary/aromatic N) is 8. The smallest absolute Gasteiger partial charge is 0.232 e. The lowest BCUT2D eigenvalue weighted by Gasteiger charge is -2.34. The van der Waals surface area contributed by atoms with E-state index in [1.54, 1.807) is 6.33 Å². The van der Waals surface area contributed by atoms with Crippen molar-refractivity contribution >= 4 is 23.5 Å². The average molecular weight is 481 g/mol. The van der Waals surface area contributed by atoms with Gasteiger partial charge in [0, 0.05) is 70.2 Å².